The molecule has 3 rings (SSSR count). The van der Waals surface area contributed by atoms with Gasteiger partial charge in [-0.15, -0.1) is 0 Å². The van der Waals surface area contributed by atoms with Crippen LogP contribution in [0.5, 0.6) is 0 Å². The normalized spacial score (nSPS) is 23.8. The zero-order valence-electron chi connectivity index (χ0n) is 9.72. The molecule has 1 saturated heterocycles. The van der Waals surface area contributed by atoms with Crippen LogP contribution in [-0.4, -0.2) is 35.7 Å². The van der Waals surface area contributed by atoms with Crippen LogP contribution in [0, 0.1) is 0 Å². The van der Waals surface area contributed by atoms with Gasteiger partial charge < -0.3 is 21.1 Å². The van der Waals surface area contributed by atoms with Gasteiger partial charge in [-0.2, -0.15) is 4.98 Å². The third kappa shape index (κ3) is 1.94. The Morgan fingerprint density at radius 2 is 2.24 bits per heavy atom. The van der Waals surface area contributed by atoms with Crippen molar-refractivity contribution < 1.29 is 4.74 Å². The lowest BCUT2D eigenvalue weighted by molar-refractivity contribution is 0.109. The summed E-state index contributed by atoms with van der Waals surface area (Å²) in [5.74, 6) is 1.27. The summed E-state index contributed by atoms with van der Waals surface area (Å²) in [5.41, 5.74) is 13.8. The number of hydrogen-bond donors (Lipinski definition) is 2. The van der Waals surface area contributed by atoms with Crippen LogP contribution >= 0.6 is 0 Å². The predicted octanol–water partition coefficient (Wildman–Crippen LogP) is -0.331. The maximum atomic E-state index is 5.93. The Kier molecular flexibility index (Phi) is 2.60. The second-order valence-corrected chi connectivity index (χ2v) is 4.63. The van der Waals surface area contributed by atoms with Gasteiger partial charge in [0, 0.05) is 31.1 Å². The van der Waals surface area contributed by atoms with E-state index in [0.29, 0.717) is 19.2 Å². The zero-order valence-corrected chi connectivity index (χ0v) is 9.72. The van der Waals surface area contributed by atoms with E-state index in [-0.39, 0.29) is 6.04 Å². The molecule has 92 valence electrons. The number of fused-ring (bicyclic) bond motifs is 1. The van der Waals surface area contributed by atoms with E-state index in [1.807, 2.05) is 0 Å². The van der Waals surface area contributed by atoms with Crippen molar-refractivity contribution in [3.05, 3.63) is 11.3 Å². The van der Waals surface area contributed by atoms with Gasteiger partial charge in [0.2, 0.25) is 5.95 Å². The van der Waals surface area contributed by atoms with Crippen molar-refractivity contribution in [3.8, 4) is 0 Å². The fraction of sp³-hybridized carbons (Fsp3) is 0.636. The second-order valence-electron chi connectivity index (χ2n) is 4.63. The van der Waals surface area contributed by atoms with E-state index in [4.69, 9.17) is 16.2 Å². The molecule has 0 saturated carbocycles. The molecule has 2 aliphatic rings. The van der Waals surface area contributed by atoms with E-state index in [1.165, 1.54) is 0 Å². The lowest BCUT2D eigenvalue weighted by Gasteiger charge is -2.24. The largest absolute Gasteiger partial charge is 0.376 e. The van der Waals surface area contributed by atoms with E-state index in [2.05, 4.69) is 14.9 Å². The quantitative estimate of drug-likeness (QED) is 0.692. The summed E-state index contributed by atoms with van der Waals surface area (Å²) in [6.45, 7) is 3.06. The molecule has 1 aromatic heterocycles. The van der Waals surface area contributed by atoms with Crippen LogP contribution < -0.4 is 16.4 Å². The van der Waals surface area contributed by atoms with Crippen LogP contribution in [0.3, 0.4) is 0 Å². The first-order chi connectivity index (χ1) is 8.24. The van der Waals surface area contributed by atoms with Gasteiger partial charge in [-0.05, 0) is 6.42 Å². The molecule has 2 aliphatic heterocycles. The summed E-state index contributed by atoms with van der Waals surface area (Å²) >= 11 is 0. The van der Waals surface area contributed by atoms with Crippen LogP contribution in [0.1, 0.15) is 17.7 Å². The SMILES string of the molecule is Nc1nc2c(c(N3CC[C@@H](N)C3)n1)COCC2. The number of aromatic nitrogens is 2. The van der Waals surface area contributed by atoms with Gasteiger partial charge in [0.05, 0.1) is 18.9 Å². The number of nitrogens with zero attached hydrogens (tertiary/aromatic N) is 3. The molecule has 1 atom stereocenters. The molecular formula is C11H17N5O. The van der Waals surface area contributed by atoms with E-state index in [0.717, 1.165) is 43.0 Å². The molecule has 3 heterocycles. The number of nitrogen functional groups attached to an aromatic ring is 1. The first kappa shape index (κ1) is 10.7. The monoisotopic (exact) mass is 235 g/mol. The van der Waals surface area contributed by atoms with E-state index in [1.54, 1.807) is 0 Å². The third-order valence-corrected chi connectivity index (χ3v) is 3.34. The van der Waals surface area contributed by atoms with Crippen molar-refractivity contribution in [2.75, 3.05) is 30.3 Å². The highest BCUT2D eigenvalue weighted by Gasteiger charge is 2.26. The molecule has 0 bridgehead atoms. The van der Waals surface area contributed by atoms with Crippen molar-refractivity contribution in [2.45, 2.75) is 25.5 Å². The lowest BCUT2D eigenvalue weighted by Crippen LogP contribution is -2.29. The van der Waals surface area contributed by atoms with Gasteiger partial charge >= 0.3 is 0 Å². The van der Waals surface area contributed by atoms with Gasteiger partial charge in [0.15, 0.2) is 0 Å². The molecular weight excluding hydrogens is 218 g/mol. The Balaban J connectivity index is 2.00. The predicted molar refractivity (Wildman–Crippen MR) is 64.6 cm³/mol. The van der Waals surface area contributed by atoms with Crippen LogP contribution in [-0.2, 0) is 17.8 Å². The van der Waals surface area contributed by atoms with Crippen LogP contribution in [0.2, 0.25) is 0 Å². The minimum Gasteiger partial charge on any atom is -0.376 e. The maximum absolute atomic E-state index is 5.93. The van der Waals surface area contributed by atoms with Gasteiger partial charge in [-0.25, -0.2) is 4.98 Å². The summed E-state index contributed by atoms with van der Waals surface area (Å²) in [5, 5.41) is 0. The van der Waals surface area contributed by atoms with E-state index >= 15 is 0 Å². The van der Waals surface area contributed by atoms with Crippen molar-refractivity contribution >= 4 is 11.8 Å². The van der Waals surface area contributed by atoms with Crippen molar-refractivity contribution in [2.24, 2.45) is 5.73 Å². The summed E-state index contributed by atoms with van der Waals surface area (Å²) < 4.78 is 5.48. The van der Waals surface area contributed by atoms with Crippen molar-refractivity contribution in [3.63, 3.8) is 0 Å². The summed E-state index contributed by atoms with van der Waals surface area (Å²) in [6.07, 6.45) is 1.81. The van der Waals surface area contributed by atoms with Crippen molar-refractivity contribution in [1.82, 2.24) is 9.97 Å². The standard InChI is InChI=1S/C11H17N5O/c12-7-1-3-16(5-7)10-8-6-17-4-2-9(8)14-11(13)15-10/h7H,1-6,12H2,(H2,13,14,15)/t7-/m1/s1. The van der Waals surface area contributed by atoms with Crippen molar-refractivity contribution in [1.29, 1.82) is 0 Å². The zero-order chi connectivity index (χ0) is 11.8. The van der Waals surface area contributed by atoms with Gasteiger partial charge in [0.25, 0.3) is 0 Å². The highest BCUT2D eigenvalue weighted by molar-refractivity contribution is 5.53. The first-order valence-electron chi connectivity index (χ1n) is 5.97. The first-order valence-corrected chi connectivity index (χ1v) is 5.97. The molecule has 1 aromatic rings. The molecule has 0 unspecified atom stereocenters. The molecule has 0 aromatic carbocycles. The number of rotatable bonds is 1. The summed E-state index contributed by atoms with van der Waals surface area (Å²) in [6, 6.07) is 0.228. The van der Waals surface area contributed by atoms with E-state index in [9.17, 15) is 0 Å². The van der Waals surface area contributed by atoms with Crippen LogP contribution in [0.15, 0.2) is 0 Å². The average molecular weight is 235 g/mol. The van der Waals surface area contributed by atoms with Gasteiger partial charge in [0.1, 0.15) is 5.82 Å². The molecule has 4 N–H and O–H groups in total. The molecule has 17 heavy (non-hydrogen) atoms. The number of ether oxygens (including phenoxy) is 1. The van der Waals surface area contributed by atoms with Gasteiger partial charge in [-0.3, -0.25) is 0 Å². The number of anilines is 2. The Morgan fingerprint density at radius 3 is 3.00 bits per heavy atom. The molecule has 0 spiro atoms. The molecule has 6 nitrogen and oxygen atoms in total. The Hall–Kier alpha value is -1.40. The molecule has 1 fully saturated rings. The smallest absolute Gasteiger partial charge is 0.222 e. The number of hydrogen-bond acceptors (Lipinski definition) is 6. The number of nitrogens with two attached hydrogens (primary N) is 2. The van der Waals surface area contributed by atoms with Crippen LogP contribution in [0.25, 0.3) is 0 Å². The van der Waals surface area contributed by atoms with E-state index < -0.39 is 0 Å². The van der Waals surface area contributed by atoms with Gasteiger partial charge in [-0.1, -0.05) is 0 Å². The minimum absolute atomic E-state index is 0.228. The summed E-state index contributed by atoms with van der Waals surface area (Å²) in [4.78, 5) is 10.8. The average Bonchev–Trinajstić information content (AvgIpc) is 2.74. The Bertz CT molecular complexity index is 436. The molecule has 6 heteroatoms. The molecule has 0 aliphatic carbocycles. The fourth-order valence-corrected chi connectivity index (χ4v) is 2.47. The second kappa shape index (κ2) is 4.12. The highest BCUT2D eigenvalue weighted by Crippen LogP contribution is 2.28. The van der Waals surface area contributed by atoms with Crippen LogP contribution in [0.4, 0.5) is 11.8 Å². The lowest BCUT2D eigenvalue weighted by atomic mass is 10.1. The highest BCUT2D eigenvalue weighted by atomic mass is 16.5. The maximum Gasteiger partial charge on any atom is 0.222 e. The Morgan fingerprint density at radius 1 is 1.35 bits per heavy atom. The minimum atomic E-state index is 0.228. The topological polar surface area (TPSA) is 90.3 Å². The Labute approximate surface area is 100.0 Å². The third-order valence-electron chi connectivity index (χ3n) is 3.34. The molecule has 0 amide bonds. The summed E-state index contributed by atoms with van der Waals surface area (Å²) in [7, 11) is 0. The fourth-order valence-electron chi connectivity index (χ4n) is 2.47. The molecule has 0 radical (unpaired) electrons.